The smallest absolute Gasteiger partial charge is 0.122 e. The average molecular weight is 192 g/mol. The van der Waals surface area contributed by atoms with E-state index in [0.29, 0.717) is 12.3 Å². The highest BCUT2D eigenvalue weighted by Crippen LogP contribution is 2.20. The first-order chi connectivity index (χ1) is 6.74. The number of carbonyl (C=O) groups excluding carboxylic acids is 1. The molecule has 2 unspecified atom stereocenters. The van der Waals surface area contributed by atoms with Crippen LogP contribution in [0, 0.1) is 0 Å². The molecule has 0 fully saturated rings. The lowest BCUT2D eigenvalue weighted by atomic mass is 9.94. The van der Waals surface area contributed by atoms with Crippen LogP contribution >= 0.6 is 0 Å². The Morgan fingerprint density at radius 1 is 1.36 bits per heavy atom. The first-order valence-electron chi connectivity index (χ1n) is 4.90. The molecule has 14 heavy (non-hydrogen) atoms. The van der Waals surface area contributed by atoms with Crippen LogP contribution in [0.3, 0.4) is 0 Å². The van der Waals surface area contributed by atoms with Crippen LogP contribution in [0.15, 0.2) is 30.3 Å². The Hall–Kier alpha value is -1.15. The molecule has 0 heterocycles. The molecular weight excluding hydrogens is 176 g/mol. The van der Waals surface area contributed by atoms with Crippen molar-refractivity contribution in [2.24, 2.45) is 0 Å². The molecule has 1 rings (SSSR count). The molecule has 0 radical (unpaired) electrons. The lowest BCUT2D eigenvalue weighted by Crippen LogP contribution is -2.11. The topological polar surface area (TPSA) is 37.3 Å². The highest BCUT2D eigenvalue weighted by Gasteiger charge is 2.10. The van der Waals surface area contributed by atoms with E-state index in [1.165, 1.54) is 5.56 Å². The molecule has 2 heteroatoms. The first kappa shape index (κ1) is 10.9. The van der Waals surface area contributed by atoms with E-state index in [1.807, 2.05) is 30.3 Å². The monoisotopic (exact) mass is 192 g/mol. The highest BCUT2D eigenvalue weighted by atomic mass is 16.3. The van der Waals surface area contributed by atoms with E-state index in [0.717, 1.165) is 6.29 Å². The van der Waals surface area contributed by atoms with Crippen LogP contribution in [-0.2, 0) is 4.79 Å². The van der Waals surface area contributed by atoms with Crippen LogP contribution < -0.4 is 0 Å². The Bertz CT molecular complexity index is 269. The zero-order valence-corrected chi connectivity index (χ0v) is 8.39. The van der Waals surface area contributed by atoms with Crippen LogP contribution in [0.5, 0.6) is 0 Å². The predicted molar refractivity (Wildman–Crippen MR) is 56.2 cm³/mol. The molecule has 0 aliphatic heterocycles. The molecule has 1 aromatic rings. The Kier molecular flexibility index (Phi) is 4.33. The minimum Gasteiger partial charge on any atom is -0.393 e. The highest BCUT2D eigenvalue weighted by molar-refractivity contribution is 5.50. The predicted octanol–water partition coefficient (Wildman–Crippen LogP) is 2.13. The number of benzene rings is 1. The van der Waals surface area contributed by atoms with Gasteiger partial charge < -0.3 is 9.90 Å². The second kappa shape index (κ2) is 5.55. The standard InChI is InChI=1S/C12H16O2/c1-10(9-12(14)7-8-13)11-5-3-2-4-6-11/h2-6,8,10,12,14H,7,9H2,1H3. The summed E-state index contributed by atoms with van der Waals surface area (Å²) in [5.41, 5.74) is 1.21. The van der Waals surface area contributed by atoms with Crippen LogP contribution in [0.1, 0.15) is 31.2 Å². The Morgan fingerprint density at radius 3 is 2.57 bits per heavy atom. The number of aldehydes is 1. The number of rotatable bonds is 5. The van der Waals surface area contributed by atoms with Crippen molar-refractivity contribution in [3.05, 3.63) is 35.9 Å². The Morgan fingerprint density at radius 2 is 2.00 bits per heavy atom. The van der Waals surface area contributed by atoms with E-state index in [2.05, 4.69) is 6.92 Å². The van der Waals surface area contributed by atoms with Gasteiger partial charge in [-0.25, -0.2) is 0 Å². The summed E-state index contributed by atoms with van der Waals surface area (Å²) in [4.78, 5) is 10.2. The molecule has 0 saturated carbocycles. The van der Waals surface area contributed by atoms with Crippen molar-refractivity contribution in [2.45, 2.75) is 31.8 Å². The van der Waals surface area contributed by atoms with Gasteiger partial charge in [0.1, 0.15) is 6.29 Å². The summed E-state index contributed by atoms with van der Waals surface area (Å²) in [6, 6.07) is 10.0. The minimum absolute atomic E-state index is 0.233. The average Bonchev–Trinajstić information content (AvgIpc) is 2.19. The van der Waals surface area contributed by atoms with Gasteiger partial charge in [-0.3, -0.25) is 0 Å². The summed E-state index contributed by atoms with van der Waals surface area (Å²) in [5, 5.41) is 9.45. The Balaban J connectivity index is 2.50. The number of aliphatic hydroxyl groups excluding tert-OH is 1. The summed E-state index contributed by atoms with van der Waals surface area (Å²) in [6.45, 7) is 2.06. The molecule has 0 aliphatic rings. The fourth-order valence-electron chi connectivity index (χ4n) is 1.53. The Labute approximate surface area is 84.6 Å². The van der Waals surface area contributed by atoms with Crippen molar-refractivity contribution in [3.63, 3.8) is 0 Å². The fourth-order valence-corrected chi connectivity index (χ4v) is 1.53. The maximum absolute atomic E-state index is 10.2. The van der Waals surface area contributed by atoms with Gasteiger partial charge in [0.05, 0.1) is 6.10 Å². The van der Waals surface area contributed by atoms with Crippen molar-refractivity contribution >= 4 is 6.29 Å². The van der Waals surface area contributed by atoms with Gasteiger partial charge in [0.2, 0.25) is 0 Å². The summed E-state index contributed by atoms with van der Waals surface area (Å²) in [5.74, 6) is 0.297. The van der Waals surface area contributed by atoms with Crippen LogP contribution in [0.4, 0.5) is 0 Å². The third-order valence-electron chi connectivity index (χ3n) is 2.36. The molecular formula is C12H16O2. The van der Waals surface area contributed by atoms with Crippen molar-refractivity contribution in [1.82, 2.24) is 0 Å². The summed E-state index contributed by atoms with van der Waals surface area (Å²) >= 11 is 0. The van der Waals surface area contributed by atoms with E-state index < -0.39 is 6.10 Å². The van der Waals surface area contributed by atoms with Crippen LogP contribution in [-0.4, -0.2) is 17.5 Å². The number of aliphatic hydroxyl groups is 1. The fraction of sp³-hybridized carbons (Fsp3) is 0.417. The summed E-state index contributed by atoms with van der Waals surface area (Å²) in [7, 11) is 0. The first-order valence-corrected chi connectivity index (χ1v) is 4.90. The molecule has 2 nitrogen and oxygen atoms in total. The van der Waals surface area contributed by atoms with Crippen LogP contribution in [0.25, 0.3) is 0 Å². The van der Waals surface area contributed by atoms with Gasteiger partial charge >= 0.3 is 0 Å². The normalized spacial score (nSPS) is 14.7. The maximum atomic E-state index is 10.2. The summed E-state index contributed by atoms with van der Waals surface area (Å²) < 4.78 is 0. The third-order valence-corrected chi connectivity index (χ3v) is 2.36. The van der Waals surface area contributed by atoms with Crippen molar-refractivity contribution < 1.29 is 9.90 Å². The molecule has 1 N–H and O–H groups in total. The molecule has 1 aromatic carbocycles. The van der Waals surface area contributed by atoms with E-state index in [1.54, 1.807) is 0 Å². The number of hydrogen-bond donors (Lipinski definition) is 1. The van der Waals surface area contributed by atoms with Crippen molar-refractivity contribution in [1.29, 1.82) is 0 Å². The van der Waals surface area contributed by atoms with Gasteiger partial charge in [-0.05, 0) is 17.9 Å². The maximum Gasteiger partial charge on any atom is 0.122 e. The minimum atomic E-state index is -0.511. The molecule has 0 aliphatic carbocycles. The van der Waals surface area contributed by atoms with Gasteiger partial charge in [-0.2, -0.15) is 0 Å². The largest absolute Gasteiger partial charge is 0.393 e. The second-order valence-corrected chi connectivity index (χ2v) is 3.60. The van der Waals surface area contributed by atoms with E-state index in [9.17, 15) is 9.90 Å². The molecule has 0 saturated heterocycles. The van der Waals surface area contributed by atoms with Crippen molar-refractivity contribution in [3.8, 4) is 0 Å². The number of carbonyl (C=O) groups is 1. The SMILES string of the molecule is CC(CC(O)CC=O)c1ccccc1. The van der Waals surface area contributed by atoms with E-state index in [-0.39, 0.29) is 6.42 Å². The molecule has 0 bridgehead atoms. The molecule has 76 valence electrons. The van der Waals surface area contributed by atoms with E-state index in [4.69, 9.17) is 0 Å². The third kappa shape index (κ3) is 3.30. The molecule has 2 atom stereocenters. The quantitative estimate of drug-likeness (QED) is 0.726. The van der Waals surface area contributed by atoms with Gasteiger partial charge in [-0.1, -0.05) is 37.3 Å². The zero-order chi connectivity index (χ0) is 10.4. The van der Waals surface area contributed by atoms with Gasteiger partial charge in [0.15, 0.2) is 0 Å². The summed E-state index contributed by atoms with van der Waals surface area (Å²) in [6.07, 6.45) is 1.13. The van der Waals surface area contributed by atoms with Crippen molar-refractivity contribution in [2.75, 3.05) is 0 Å². The molecule has 0 amide bonds. The number of hydrogen-bond acceptors (Lipinski definition) is 2. The zero-order valence-electron chi connectivity index (χ0n) is 8.39. The second-order valence-electron chi connectivity index (χ2n) is 3.60. The van der Waals surface area contributed by atoms with Gasteiger partial charge in [0, 0.05) is 6.42 Å². The van der Waals surface area contributed by atoms with Crippen LogP contribution in [0.2, 0.25) is 0 Å². The van der Waals surface area contributed by atoms with E-state index >= 15 is 0 Å². The lowest BCUT2D eigenvalue weighted by Gasteiger charge is -2.14. The molecule has 0 spiro atoms. The molecule has 0 aromatic heterocycles. The lowest BCUT2D eigenvalue weighted by molar-refractivity contribution is -0.109. The van der Waals surface area contributed by atoms with Gasteiger partial charge in [0.25, 0.3) is 0 Å². The van der Waals surface area contributed by atoms with Gasteiger partial charge in [-0.15, -0.1) is 0 Å².